The highest BCUT2D eigenvalue weighted by Crippen LogP contribution is 2.23. The molecule has 1 unspecified atom stereocenters. The quantitative estimate of drug-likeness (QED) is 0.696. The van der Waals surface area contributed by atoms with Crippen molar-refractivity contribution in [3.05, 3.63) is 59.4 Å². The van der Waals surface area contributed by atoms with Crippen LogP contribution in [0.15, 0.2) is 42.7 Å². The molecule has 2 aromatic rings. The fraction of sp³-hybridized carbons (Fsp3) is 0.450. The van der Waals surface area contributed by atoms with Gasteiger partial charge in [0.25, 0.3) is 0 Å². The maximum atomic E-state index is 5.42. The Labute approximate surface area is 145 Å². The first kappa shape index (κ1) is 18.4. The van der Waals surface area contributed by atoms with Gasteiger partial charge in [-0.1, -0.05) is 19.1 Å². The Bertz CT molecular complexity index is 616. The van der Waals surface area contributed by atoms with Crippen LogP contribution in [-0.2, 0) is 24.4 Å². The Morgan fingerprint density at radius 1 is 1.12 bits per heavy atom. The standard InChI is InChI=1S/C20H28N2O2/c1-5-16(2)22(14-18-7-6-10-21-12-18)13-17-8-9-20(24-4)19(11-17)15-23-3/h6-12,16H,5,13-15H2,1-4H3. The summed E-state index contributed by atoms with van der Waals surface area (Å²) in [4.78, 5) is 6.71. The van der Waals surface area contributed by atoms with Crippen LogP contribution in [0, 0.1) is 0 Å². The fourth-order valence-corrected chi connectivity index (χ4v) is 2.79. The van der Waals surface area contributed by atoms with Gasteiger partial charge in [0.15, 0.2) is 0 Å². The van der Waals surface area contributed by atoms with Crippen molar-refractivity contribution in [3.63, 3.8) is 0 Å². The van der Waals surface area contributed by atoms with Crippen molar-refractivity contribution in [1.29, 1.82) is 0 Å². The van der Waals surface area contributed by atoms with E-state index in [9.17, 15) is 0 Å². The molecule has 1 aromatic carbocycles. The van der Waals surface area contributed by atoms with Gasteiger partial charge in [-0.2, -0.15) is 0 Å². The van der Waals surface area contributed by atoms with Gasteiger partial charge in [-0.3, -0.25) is 9.88 Å². The smallest absolute Gasteiger partial charge is 0.124 e. The Morgan fingerprint density at radius 3 is 2.54 bits per heavy atom. The third-order valence-electron chi connectivity index (χ3n) is 4.35. The number of hydrogen-bond donors (Lipinski definition) is 0. The van der Waals surface area contributed by atoms with Crippen LogP contribution in [-0.4, -0.2) is 30.1 Å². The number of nitrogens with zero attached hydrogens (tertiary/aromatic N) is 2. The van der Waals surface area contributed by atoms with Crippen molar-refractivity contribution in [3.8, 4) is 5.75 Å². The van der Waals surface area contributed by atoms with E-state index in [2.05, 4.69) is 41.9 Å². The van der Waals surface area contributed by atoms with Gasteiger partial charge in [-0.25, -0.2) is 0 Å². The SMILES string of the molecule is CCC(C)N(Cc1cccnc1)Cc1ccc(OC)c(COC)c1. The van der Waals surface area contributed by atoms with E-state index in [1.54, 1.807) is 14.2 Å². The van der Waals surface area contributed by atoms with Crippen molar-refractivity contribution in [2.75, 3.05) is 14.2 Å². The molecule has 4 heteroatoms. The lowest BCUT2D eigenvalue weighted by Gasteiger charge is -2.28. The minimum atomic E-state index is 0.498. The van der Waals surface area contributed by atoms with Gasteiger partial charge >= 0.3 is 0 Å². The summed E-state index contributed by atoms with van der Waals surface area (Å²) in [6.07, 6.45) is 4.87. The molecule has 0 aliphatic carbocycles. The number of pyridine rings is 1. The van der Waals surface area contributed by atoms with Gasteiger partial charge < -0.3 is 9.47 Å². The van der Waals surface area contributed by atoms with Gasteiger partial charge in [-0.15, -0.1) is 0 Å². The normalized spacial score (nSPS) is 12.4. The number of benzene rings is 1. The lowest BCUT2D eigenvalue weighted by molar-refractivity contribution is 0.179. The second-order valence-corrected chi connectivity index (χ2v) is 6.10. The van der Waals surface area contributed by atoms with Gasteiger partial charge in [0.1, 0.15) is 5.75 Å². The molecular weight excluding hydrogens is 300 g/mol. The van der Waals surface area contributed by atoms with Crippen LogP contribution in [0.5, 0.6) is 5.75 Å². The van der Waals surface area contributed by atoms with Crippen molar-refractivity contribution in [2.24, 2.45) is 0 Å². The zero-order valence-corrected chi connectivity index (χ0v) is 15.2. The Hall–Kier alpha value is -1.91. The highest BCUT2D eigenvalue weighted by Gasteiger charge is 2.14. The molecule has 0 amide bonds. The number of aromatic nitrogens is 1. The zero-order valence-electron chi connectivity index (χ0n) is 15.2. The van der Waals surface area contributed by atoms with Crippen LogP contribution in [0.25, 0.3) is 0 Å². The monoisotopic (exact) mass is 328 g/mol. The van der Waals surface area contributed by atoms with Gasteiger partial charge in [0, 0.05) is 44.2 Å². The predicted octanol–water partition coefficient (Wildman–Crippen LogP) is 4.04. The van der Waals surface area contributed by atoms with E-state index in [-0.39, 0.29) is 0 Å². The van der Waals surface area contributed by atoms with Crippen LogP contribution in [0.2, 0.25) is 0 Å². The first-order valence-corrected chi connectivity index (χ1v) is 8.45. The summed E-state index contributed by atoms with van der Waals surface area (Å²) in [5, 5.41) is 0. The largest absolute Gasteiger partial charge is 0.496 e. The molecule has 0 spiro atoms. The summed E-state index contributed by atoms with van der Waals surface area (Å²) in [5.41, 5.74) is 3.60. The third kappa shape index (κ3) is 5.05. The third-order valence-corrected chi connectivity index (χ3v) is 4.35. The molecule has 130 valence electrons. The van der Waals surface area contributed by atoms with E-state index in [4.69, 9.17) is 9.47 Å². The minimum Gasteiger partial charge on any atom is -0.496 e. The first-order chi connectivity index (χ1) is 11.7. The molecule has 0 fully saturated rings. The molecule has 2 rings (SSSR count). The molecular formula is C20H28N2O2. The van der Waals surface area contributed by atoms with Crippen LogP contribution in [0.3, 0.4) is 0 Å². The average Bonchev–Trinajstić information content (AvgIpc) is 2.62. The molecule has 1 heterocycles. The van der Waals surface area contributed by atoms with Crippen LogP contribution < -0.4 is 4.74 Å². The molecule has 0 saturated carbocycles. The van der Waals surface area contributed by atoms with Gasteiger partial charge in [0.2, 0.25) is 0 Å². The number of ether oxygens (including phenoxy) is 2. The number of rotatable bonds is 9. The molecule has 1 aromatic heterocycles. The van der Waals surface area contributed by atoms with E-state index < -0.39 is 0 Å². The maximum absolute atomic E-state index is 5.42. The summed E-state index contributed by atoms with van der Waals surface area (Å²) in [5.74, 6) is 0.878. The topological polar surface area (TPSA) is 34.6 Å². The minimum absolute atomic E-state index is 0.498. The summed E-state index contributed by atoms with van der Waals surface area (Å²) < 4.78 is 10.7. The number of hydrogen-bond acceptors (Lipinski definition) is 4. The molecule has 0 aliphatic rings. The van der Waals surface area contributed by atoms with E-state index in [1.165, 1.54) is 11.1 Å². The lowest BCUT2D eigenvalue weighted by Crippen LogP contribution is -2.31. The molecule has 24 heavy (non-hydrogen) atoms. The average molecular weight is 328 g/mol. The number of methoxy groups -OCH3 is 2. The summed E-state index contributed by atoms with van der Waals surface area (Å²) in [6, 6.07) is 11.0. The van der Waals surface area contributed by atoms with Gasteiger partial charge in [0.05, 0.1) is 13.7 Å². The molecule has 0 saturated heterocycles. The van der Waals surface area contributed by atoms with E-state index in [0.717, 1.165) is 30.8 Å². The summed E-state index contributed by atoms with van der Waals surface area (Å²) in [7, 11) is 3.40. The Morgan fingerprint density at radius 2 is 1.92 bits per heavy atom. The summed E-state index contributed by atoms with van der Waals surface area (Å²) in [6.45, 7) is 6.85. The molecule has 1 atom stereocenters. The molecule has 0 bridgehead atoms. The Kier molecular flexibility index (Phi) is 7.22. The van der Waals surface area contributed by atoms with Crippen molar-refractivity contribution in [1.82, 2.24) is 9.88 Å². The summed E-state index contributed by atoms with van der Waals surface area (Å²) >= 11 is 0. The van der Waals surface area contributed by atoms with Crippen LogP contribution >= 0.6 is 0 Å². The lowest BCUT2D eigenvalue weighted by atomic mass is 10.1. The fourth-order valence-electron chi connectivity index (χ4n) is 2.79. The molecule has 0 aliphatic heterocycles. The second-order valence-electron chi connectivity index (χ2n) is 6.10. The Balaban J connectivity index is 2.18. The van der Waals surface area contributed by atoms with E-state index in [1.807, 2.05) is 24.5 Å². The first-order valence-electron chi connectivity index (χ1n) is 8.45. The van der Waals surface area contributed by atoms with Crippen LogP contribution in [0.1, 0.15) is 37.0 Å². The predicted molar refractivity (Wildman–Crippen MR) is 96.9 cm³/mol. The van der Waals surface area contributed by atoms with Crippen LogP contribution in [0.4, 0.5) is 0 Å². The second kappa shape index (κ2) is 9.40. The van der Waals surface area contributed by atoms with E-state index >= 15 is 0 Å². The van der Waals surface area contributed by atoms with Crippen molar-refractivity contribution >= 4 is 0 Å². The molecule has 0 radical (unpaired) electrons. The molecule has 4 nitrogen and oxygen atoms in total. The van der Waals surface area contributed by atoms with E-state index in [0.29, 0.717) is 12.6 Å². The highest BCUT2D eigenvalue weighted by atomic mass is 16.5. The zero-order chi connectivity index (χ0) is 17.4. The van der Waals surface area contributed by atoms with Crippen molar-refractivity contribution < 1.29 is 9.47 Å². The maximum Gasteiger partial charge on any atom is 0.124 e. The van der Waals surface area contributed by atoms with Gasteiger partial charge in [-0.05, 0) is 42.7 Å². The highest BCUT2D eigenvalue weighted by molar-refractivity contribution is 5.37. The van der Waals surface area contributed by atoms with Crippen molar-refractivity contribution in [2.45, 2.75) is 46.0 Å². The molecule has 0 N–H and O–H groups in total.